The molecule has 0 fully saturated rings. The maximum absolute atomic E-state index is 12.6. The number of hydrogen-bond acceptors (Lipinski definition) is 3. The first-order valence-electron chi connectivity index (χ1n) is 8.62. The van der Waals surface area contributed by atoms with Gasteiger partial charge in [0, 0.05) is 18.3 Å². The van der Waals surface area contributed by atoms with Crippen molar-refractivity contribution in [3.05, 3.63) is 83.8 Å². The Labute approximate surface area is 161 Å². The first-order chi connectivity index (χ1) is 13.2. The molecule has 4 rings (SSSR count). The summed E-state index contributed by atoms with van der Waals surface area (Å²) in [5.41, 5.74) is 4.05. The highest BCUT2D eigenvalue weighted by Crippen LogP contribution is 2.30. The summed E-state index contributed by atoms with van der Waals surface area (Å²) in [7, 11) is 0. The maximum atomic E-state index is 12.6. The molecule has 2 heterocycles. The van der Waals surface area contributed by atoms with Gasteiger partial charge in [-0.3, -0.25) is 9.55 Å². The minimum Gasteiger partial charge on any atom is -0.337 e. The third-order valence-corrected chi connectivity index (χ3v) is 4.64. The molecule has 0 radical (unpaired) electrons. The summed E-state index contributed by atoms with van der Waals surface area (Å²) in [5.74, 6) is 0. The van der Waals surface area contributed by atoms with E-state index < -0.39 is 0 Å². The summed E-state index contributed by atoms with van der Waals surface area (Å²) in [4.78, 5) is 21.2. The van der Waals surface area contributed by atoms with Crippen LogP contribution in [0.1, 0.15) is 5.56 Å². The zero-order valence-corrected chi connectivity index (χ0v) is 15.2. The number of nitrogens with one attached hydrogen (secondary N) is 1. The van der Waals surface area contributed by atoms with Crippen molar-refractivity contribution in [3.8, 4) is 11.3 Å². The van der Waals surface area contributed by atoms with Crippen molar-refractivity contribution in [2.45, 2.75) is 6.42 Å². The van der Waals surface area contributed by atoms with Gasteiger partial charge >= 0.3 is 6.03 Å². The zero-order valence-electron chi connectivity index (χ0n) is 14.5. The quantitative estimate of drug-likeness (QED) is 0.568. The van der Waals surface area contributed by atoms with Crippen molar-refractivity contribution in [2.24, 2.45) is 0 Å². The second-order valence-corrected chi connectivity index (χ2v) is 6.53. The number of fused-ring (bicyclic) bond motifs is 1. The Balaban J connectivity index is 1.57. The van der Waals surface area contributed by atoms with Crippen LogP contribution in [0, 0.1) is 0 Å². The van der Waals surface area contributed by atoms with Gasteiger partial charge in [0.05, 0.1) is 21.7 Å². The van der Waals surface area contributed by atoms with Crippen LogP contribution >= 0.6 is 11.6 Å². The van der Waals surface area contributed by atoms with E-state index in [0.717, 1.165) is 17.7 Å². The molecule has 0 aliphatic carbocycles. The lowest BCUT2D eigenvalue weighted by molar-refractivity contribution is 0.243. The van der Waals surface area contributed by atoms with E-state index in [1.54, 1.807) is 12.3 Å². The molecule has 0 saturated carbocycles. The number of rotatable bonds is 4. The van der Waals surface area contributed by atoms with E-state index in [0.29, 0.717) is 22.6 Å². The summed E-state index contributed by atoms with van der Waals surface area (Å²) >= 11 is 6.39. The maximum Gasteiger partial charge on any atom is 0.327 e. The summed E-state index contributed by atoms with van der Waals surface area (Å²) < 4.78 is 1.50. The van der Waals surface area contributed by atoms with E-state index >= 15 is 0 Å². The monoisotopic (exact) mass is 376 g/mol. The molecule has 0 unspecified atom stereocenters. The van der Waals surface area contributed by atoms with Gasteiger partial charge in [0.25, 0.3) is 0 Å². The van der Waals surface area contributed by atoms with Crippen LogP contribution in [0.4, 0.5) is 4.79 Å². The number of imidazole rings is 1. The fraction of sp³-hybridized carbons (Fsp3) is 0.0952. The van der Waals surface area contributed by atoms with Gasteiger partial charge in [0.2, 0.25) is 0 Å². The molecule has 0 spiro atoms. The number of benzene rings is 2. The predicted octanol–water partition coefficient (Wildman–Crippen LogP) is 4.55. The minimum absolute atomic E-state index is 0.220. The van der Waals surface area contributed by atoms with Crippen molar-refractivity contribution in [3.63, 3.8) is 0 Å². The Bertz CT molecular complexity index is 1080. The van der Waals surface area contributed by atoms with Crippen LogP contribution in [0.5, 0.6) is 0 Å². The SMILES string of the molecule is O=C(NCCc1ccccc1)n1cnc2cc(Cl)c(-c3ccccn3)cc21. The lowest BCUT2D eigenvalue weighted by Crippen LogP contribution is -2.29. The van der Waals surface area contributed by atoms with Gasteiger partial charge in [-0.05, 0) is 36.2 Å². The molecule has 2 aromatic heterocycles. The number of halogens is 1. The minimum atomic E-state index is -0.220. The van der Waals surface area contributed by atoms with Gasteiger partial charge in [-0.1, -0.05) is 48.0 Å². The molecule has 4 aromatic rings. The number of carbonyl (C=O) groups is 1. The van der Waals surface area contributed by atoms with E-state index in [4.69, 9.17) is 11.6 Å². The molecule has 1 N–H and O–H groups in total. The van der Waals surface area contributed by atoms with Crippen LogP contribution in [-0.2, 0) is 6.42 Å². The van der Waals surface area contributed by atoms with Crippen molar-refractivity contribution in [1.29, 1.82) is 0 Å². The Morgan fingerprint density at radius 2 is 1.85 bits per heavy atom. The van der Waals surface area contributed by atoms with Crippen LogP contribution < -0.4 is 5.32 Å². The fourth-order valence-corrected chi connectivity index (χ4v) is 3.21. The van der Waals surface area contributed by atoms with Crippen molar-refractivity contribution in [1.82, 2.24) is 19.9 Å². The second kappa shape index (κ2) is 7.60. The summed E-state index contributed by atoms with van der Waals surface area (Å²) in [5, 5.41) is 3.49. The Morgan fingerprint density at radius 3 is 2.63 bits per heavy atom. The van der Waals surface area contributed by atoms with Crippen molar-refractivity contribution in [2.75, 3.05) is 6.54 Å². The summed E-state index contributed by atoms with van der Waals surface area (Å²) in [6.07, 6.45) is 3.99. The van der Waals surface area contributed by atoms with Gasteiger partial charge in [0.1, 0.15) is 6.33 Å². The topological polar surface area (TPSA) is 59.8 Å². The molecule has 0 atom stereocenters. The number of carbonyl (C=O) groups excluding carboxylic acids is 1. The number of pyridine rings is 1. The largest absolute Gasteiger partial charge is 0.337 e. The summed E-state index contributed by atoms with van der Waals surface area (Å²) in [6.45, 7) is 0.545. The van der Waals surface area contributed by atoms with Gasteiger partial charge in [-0.25, -0.2) is 9.78 Å². The van der Waals surface area contributed by atoms with Crippen LogP contribution in [0.3, 0.4) is 0 Å². The first kappa shape index (κ1) is 17.2. The molecule has 0 aliphatic rings. The predicted molar refractivity (Wildman–Crippen MR) is 107 cm³/mol. The van der Waals surface area contributed by atoms with E-state index in [2.05, 4.69) is 15.3 Å². The van der Waals surface area contributed by atoms with Crippen molar-refractivity contribution < 1.29 is 4.79 Å². The molecule has 0 aliphatic heterocycles. The third-order valence-electron chi connectivity index (χ3n) is 4.33. The highest BCUT2D eigenvalue weighted by atomic mass is 35.5. The van der Waals surface area contributed by atoms with Crippen LogP contribution in [0.25, 0.3) is 22.3 Å². The Hall–Kier alpha value is -3.18. The number of nitrogens with zero attached hydrogens (tertiary/aromatic N) is 3. The lowest BCUT2D eigenvalue weighted by atomic mass is 10.1. The Morgan fingerprint density at radius 1 is 1.04 bits per heavy atom. The molecule has 1 amide bonds. The van der Waals surface area contributed by atoms with Crippen LogP contribution in [0.15, 0.2) is 73.2 Å². The average Bonchev–Trinajstić information content (AvgIpc) is 3.11. The molecule has 5 nitrogen and oxygen atoms in total. The van der Waals surface area contributed by atoms with Gasteiger partial charge < -0.3 is 5.32 Å². The van der Waals surface area contributed by atoms with E-state index in [1.807, 2.05) is 54.6 Å². The highest BCUT2D eigenvalue weighted by molar-refractivity contribution is 6.34. The Kier molecular flexibility index (Phi) is 4.85. The third kappa shape index (κ3) is 3.68. The normalized spacial score (nSPS) is 10.9. The van der Waals surface area contributed by atoms with Crippen LogP contribution in [0.2, 0.25) is 5.02 Å². The molecule has 2 aromatic carbocycles. The number of aromatic nitrogens is 3. The van der Waals surface area contributed by atoms with Gasteiger partial charge in [-0.2, -0.15) is 0 Å². The first-order valence-corrected chi connectivity index (χ1v) is 9.00. The molecule has 134 valence electrons. The van der Waals surface area contributed by atoms with Gasteiger partial charge in [-0.15, -0.1) is 0 Å². The molecular formula is C21H17ClN4O. The van der Waals surface area contributed by atoms with E-state index in [1.165, 1.54) is 16.5 Å². The highest BCUT2D eigenvalue weighted by Gasteiger charge is 2.14. The second-order valence-electron chi connectivity index (χ2n) is 6.12. The molecule has 0 bridgehead atoms. The van der Waals surface area contributed by atoms with E-state index in [9.17, 15) is 4.79 Å². The molecular weight excluding hydrogens is 360 g/mol. The summed E-state index contributed by atoms with van der Waals surface area (Å²) in [6, 6.07) is 19.1. The van der Waals surface area contributed by atoms with Gasteiger partial charge in [0.15, 0.2) is 0 Å². The van der Waals surface area contributed by atoms with Crippen molar-refractivity contribution >= 4 is 28.7 Å². The zero-order chi connectivity index (χ0) is 18.6. The number of amides is 1. The molecule has 0 saturated heterocycles. The smallest absolute Gasteiger partial charge is 0.327 e. The fourth-order valence-electron chi connectivity index (χ4n) is 2.95. The lowest BCUT2D eigenvalue weighted by Gasteiger charge is -2.08. The van der Waals surface area contributed by atoms with E-state index in [-0.39, 0.29) is 6.03 Å². The molecule has 27 heavy (non-hydrogen) atoms. The number of hydrogen-bond donors (Lipinski definition) is 1. The standard InChI is InChI=1S/C21H17ClN4O/c22-17-13-19-20(12-16(17)18-8-4-5-10-23-18)26(14-25-19)21(27)24-11-9-15-6-2-1-3-7-15/h1-8,10,12-14H,9,11H2,(H,24,27). The average molecular weight is 377 g/mol. The van der Waals surface area contributed by atoms with Crippen LogP contribution in [-0.4, -0.2) is 27.1 Å². The molecule has 6 heteroatoms.